The molecule has 1 heterocycles. The molecule has 0 saturated carbocycles. The maximum absolute atomic E-state index is 12.4. The molecule has 1 aliphatic rings. The van der Waals surface area contributed by atoms with E-state index in [0.717, 1.165) is 11.0 Å². The van der Waals surface area contributed by atoms with Crippen LogP contribution in [0.4, 0.5) is 10.5 Å². The number of nitrogens with zero attached hydrogens (tertiary/aromatic N) is 3. The molecule has 9 nitrogen and oxygen atoms in total. The monoisotopic (exact) mass is 376 g/mol. The van der Waals surface area contributed by atoms with E-state index in [9.17, 15) is 24.5 Å². The first-order valence-corrected chi connectivity index (χ1v) is 8.78. The summed E-state index contributed by atoms with van der Waals surface area (Å²) in [6, 6.07) is 3.43. The van der Waals surface area contributed by atoms with Crippen LogP contribution < -0.4 is 5.32 Å². The summed E-state index contributed by atoms with van der Waals surface area (Å²) in [6.07, 6.45) is 0.390. The van der Waals surface area contributed by atoms with Crippen LogP contribution in [0.25, 0.3) is 0 Å². The van der Waals surface area contributed by atoms with Gasteiger partial charge >= 0.3 is 6.03 Å². The average molecular weight is 376 g/mol. The summed E-state index contributed by atoms with van der Waals surface area (Å²) in [5, 5.41) is 13.6. The first-order chi connectivity index (χ1) is 12.6. The Hall–Kier alpha value is -2.97. The van der Waals surface area contributed by atoms with Gasteiger partial charge in [0.15, 0.2) is 0 Å². The predicted molar refractivity (Wildman–Crippen MR) is 98.6 cm³/mol. The maximum atomic E-state index is 12.4. The van der Waals surface area contributed by atoms with Crippen molar-refractivity contribution in [3.05, 3.63) is 39.4 Å². The van der Waals surface area contributed by atoms with Crippen LogP contribution in [0.1, 0.15) is 54.8 Å². The predicted octanol–water partition coefficient (Wildman–Crippen LogP) is 2.41. The minimum absolute atomic E-state index is 0.0446. The SMILES string of the molecule is CCN(C(=O)NCCCN1C(=O)c2ccc([N+](=O)[O-])cc2C1=O)C(C)(C)C. The largest absolute Gasteiger partial charge is 0.338 e. The number of fused-ring (bicyclic) bond motifs is 1. The Morgan fingerprint density at radius 1 is 1.22 bits per heavy atom. The molecule has 0 aromatic heterocycles. The van der Waals surface area contributed by atoms with Crippen molar-refractivity contribution in [1.82, 2.24) is 15.1 Å². The normalized spacial score (nSPS) is 13.6. The van der Waals surface area contributed by atoms with Crippen molar-refractivity contribution in [1.29, 1.82) is 0 Å². The Morgan fingerprint density at radius 3 is 2.41 bits per heavy atom. The number of rotatable bonds is 6. The number of nitrogens with one attached hydrogen (secondary N) is 1. The van der Waals surface area contributed by atoms with E-state index in [4.69, 9.17) is 0 Å². The van der Waals surface area contributed by atoms with Gasteiger partial charge in [-0.05, 0) is 40.2 Å². The van der Waals surface area contributed by atoms with Gasteiger partial charge in [-0.1, -0.05) is 0 Å². The number of carbonyl (C=O) groups is 3. The third-order valence-corrected chi connectivity index (χ3v) is 4.37. The molecule has 0 radical (unpaired) electrons. The minimum Gasteiger partial charge on any atom is -0.338 e. The molecule has 0 atom stereocenters. The van der Waals surface area contributed by atoms with Crippen LogP contribution in [0.3, 0.4) is 0 Å². The number of hydrogen-bond donors (Lipinski definition) is 1. The number of imide groups is 1. The smallest absolute Gasteiger partial charge is 0.317 e. The Kier molecular flexibility index (Phi) is 5.82. The summed E-state index contributed by atoms with van der Waals surface area (Å²) in [6.45, 7) is 8.70. The van der Waals surface area contributed by atoms with Gasteiger partial charge in [-0.25, -0.2) is 4.79 Å². The molecule has 1 aromatic carbocycles. The summed E-state index contributed by atoms with van der Waals surface area (Å²) in [4.78, 5) is 49.9. The molecule has 0 unspecified atom stereocenters. The molecule has 0 bridgehead atoms. The third-order valence-electron chi connectivity index (χ3n) is 4.37. The van der Waals surface area contributed by atoms with Crippen LogP contribution in [0.15, 0.2) is 18.2 Å². The molecule has 2 rings (SSSR count). The topological polar surface area (TPSA) is 113 Å². The number of benzene rings is 1. The number of carbonyl (C=O) groups excluding carboxylic acids is 3. The first-order valence-electron chi connectivity index (χ1n) is 8.78. The van der Waals surface area contributed by atoms with Gasteiger partial charge in [0.25, 0.3) is 17.5 Å². The highest BCUT2D eigenvalue weighted by molar-refractivity contribution is 6.21. The quantitative estimate of drug-likeness (QED) is 0.354. The molecule has 0 aliphatic carbocycles. The number of hydrogen-bond acceptors (Lipinski definition) is 5. The van der Waals surface area contributed by atoms with Crippen LogP contribution in [0, 0.1) is 10.1 Å². The fourth-order valence-corrected chi connectivity index (χ4v) is 3.05. The number of non-ortho nitro benzene ring substituents is 1. The van der Waals surface area contributed by atoms with Crippen molar-refractivity contribution in [2.24, 2.45) is 0 Å². The highest BCUT2D eigenvalue weighted by Gasteiger charge is 2.36. The summed E-state index contributed by atoms with van der Waals surface area (Å²) >= 11 is 0. The molecule has 146 valence electrons. The van der Waals surface area contributed by atoms with Gasteiger partial charge in [-0.2, -0.15) is 0 Å². The van der Waals surface area contributed by atoms with Crippen LogP contribution in [0.2, 0.25) is 0 Å². The van der Waals surface area contributed by atoms with Gasteiger partial charge in [0.1, 0.15) is 0 Å². The second kappa shape index (κ2) is 7.73. The van der Waals surface area contributed by atoms with E-state index in [1.165, 1.54) is 12.1 Å². The van der Waals surface area contributed by atoms with Crippen LogP contribution >= 0.6 is 0 Å². The van der Waals surface area contributed by atoms with E-state index in [2.05, 4.69) is 5.32 Å². The van der Waals surface area contributed by atoms with Gasteiger partial charge in [0.2, 0.25) is 0 Å². The fraction of sp³-hybridized carbons (Fsp3) is 0.500. The van der Waals surface area contributed by atoms with E-state index < -0.39 is 16.7 Å². The van der Waals surface area contributed by atoms with E-state index in [1.807, 2.05) is 27.7 Å². The summed E-state index contributed by atoms with van der Waals surface area (Å²) in [5.41, 5.74) is -0.329. The second-order valence-corrected chi connectivity index (χ2v) is 7.25. The molecule has 27 heavy (non-hydrogen) atoms. The Bertz CT molecular complexity index is 784. The minimum atomic E-state index is -0.606. The van der Waals surface area contributed by atoms with Crippen LogP contribution in [-0.4, -0.2) is 57.7 Å². The number of amides is 4. The lowest BCUT2D eigenvalue weighted by molar-refractivity contribution is -0.384. The van der Waals surface area contributed by atoms with Gasteiger partial charge in [0, 0.05) is 37.3 Å². The molecule has 0 saturated heterocycles. The average Bonchev–Trinajstić information content (AvgIpc) is 2.82. The molecule has 1 aliphatic heterocycles. The van der Waals surface area contributed by atoms with Crippen molar-refractivity contribution in [3.8, 4) is 0 Å². The van der Waals surface area contributed by atoms with Crippen molar-refractivity contribution in [3.63, 3.8) is 0 Å². The van der Waals surface area contributed by atoms with Crippen molar-refractivity contribution >= 4 is 23.5 Å². The first kappa shape index (κ1) is 20.3. The number of nitro groups is 1. The fourth-order valence-electron chi connectivity index (χ4n) is 3.05. The van der Waals surface area contributed by atoms with Gasteiger partial charge in [0.05, 0.1) is 16.1 Å². The van der Waals surface area contributed by atoms with E-state index in [-0.39, 0.29) is 34.9 Å². The zero-order valence-electron chi connectivity index (χ0n) is 15.9. The highest BCUT2D eigenvalue weighted by Crippen LogP contribution is 2.26. The van der Waals surface area contributed by atoms with Gasteiger partial charge < -0.3 is 10.2 Å². The molecule has 0 fully saturated rings. The molecule has 1 aromatic rings. The lowest BCUT2D eigenvalue weighted by atomic mass is 10.1. The van der Waals surface area contributed by atoms with Crippen molar-refractivity contribution < 1.29 is 19.3 Å². The summed E-state index contributed by atoms with van der Waals surface area (Å²) in [7, 11) is 0. The van der Waals surface area contributed by atoms with E-state index >= 15 is 0 Å². The maximum Gasteiger partial charge on any atom is 0.317 e. The highest BCUT2D eigenvalue weighted by atomic mass is 16.6. The Morgan fingerprint density at radius 2 is 1.85 bits per heavy atom. The third kappa shape index (κ3) is 4.24. The van der Waals surface area contributed by atoms with Crippen molar-refractivity contribution in [2.45, 2.75) is 39.7 Å². The lowest BCUT2D eigenvalue weighted by Crippen LogP contribution is -2.50. The molecule has 0 spiro atoms. The van der Waals surface area contributed by atoms with E-state index in [0.29, 0.717) is 19.5 Å². The summed E-state index contributed by atoms with van der Waals surface area (Å²) in [5.74, 6) is -1.02. The lowest BCUT2D eigenvalue weighted by Gasteiger charge is -2.34. The standard InChI is InChI=1S/C18H24N4O5/c1-5-21(18(2,3)4)17(25)19-9-6-10-20-15(23)13-8-7-12(22(26)27)11-14(13)16(20)24/h7-8,11H,5-6,9-10H2,1-4H3,(H,19,25). The summed E-state index contributed by atoms with van der Waals surface area (Å²) < 4.78 is 0. The second-order valence-electron chi connectivity index (χ2n) is 7.25. The van der Waals surface area contributed by atoms with Crippen LogP contribution in [0.5, 0.6) is 0 Å². The zero-order valence-corrected chi connectivity index (χ0v) is 15.9. The molecule has 9 heteroatoms. The van der Waals surface area contributed by atoms with E-state index in [1.54, 1.807) is 4.90 Å². The Labute approximate surface area is 157 Å². The number of urea groups is 1. The van der Waals surface area contributed by atoms with Crippen molar-refractivity contribution in [2.75, 3.05) is 19.6 Å². The molecular weight excluding hydrogens is 352 g/mol. The van der Waals surface area contributed by atoms with Crippen LogP contribution in [-0.2, 0) is 0 Å². The molecular formula is C18H24N4O5. The van der Waals surface area contributed by atoms with Gasteiger partial charge in [-0.15, -0.1) is 0 Å². The Balaban J connectivity index is 1.94. The molecule has 4 amide bonds. The number of nitro benzene ring substituents is 1. The zero-order chi connectivity index (χ0) is 20.4. The molecule has 1 N–H and O–H groups in total. The van der Waals surface area contributed by atoms with Gasteiger partial charge in [-0.3, -0.25) is 24.6 Å².